The van der Waals surface area contributed by atoms with E-state index in [1.165, 1.54) is 16.0 Å². The van der Waals surface area contributed by atoms with Gasteiger partial charge in [0.15, 0.2) is 0 Å². The first kappa shape index (κ1) is 18.0. The molecule has 0 aliphatic rings. The fourth-order valence-corrected chi connectivity index (χ4v) is 4.04. The van der Waals surface area contributed by atoms with E-state index in [1.54, 1.807) is 6.20 Å². The number of pyridine rings is 1. The average Bonchev–Trinajstić information content (AvgIpc) is 3.39. The number of fused-ring (bicyclic) bond motifs is 1. The maximum Gasteiger partial charge on any atom is 0.321 e. The van der Waals surface area contributed by atoms with Gasteiger partial charge in [-0.2, -0.15) is 0 Å². The van der Waals surface area contributed by atoms with Crippen LogP contribution in [0, 0.1) is 0 Å². The molecule has 2 N–H and O–H groups in total. The number of para-hydroxylation sites is 1. The lowest BCUT2D eigenvalue weighted by Crippen LogP contribution is -2.30. The van der Waals surface area contributed by atoms with E-state index in [9.17, 15) is 5.11 Å². The number of aromatic nitrogens is 3. The standard InChI is InChI=1S/C22H15N5O2S/c23-19-16-11-12-17(14-7-3-1-4-8-14)24-22(16)30-20(19)21(28)25-18-13-27(26-29-18)15-9-5-2-6-10-15/h1-13H,(H2-,23,25,26,28). The Labute approximate surface area is 175 Å². The predicted molar refractivity (Wildman–Crippen MR) is 114 cm³/mol. The molecule has 7 nitrogen and oxygen atoms in total. The molecule has 30 heavy (non-hydrogen) atoms. The van der Waals surface area contributed by atoms with E-state index in [2.05, 4.69) is 15.2 Å². The second kappa shape index (κ2) is 7.41. The van der Waals surface area contributed by atoms with Crippen molar-refractivity contribution in [1.82, 2.24) is 10.3 Å². The van der Waals surface area contributed by atoms with E-state index < -0.39 is 5.90 Å². The fraction of sp³-hybridized carbons (Fsp3) is 0. The van der Waals surface area contributed by atoms with Gasteiger partial charge in [0.1, 0.15) is 4.83 Å². The molecule has 0 amide bonds. The number of hydrogen-bond acceptors (Lipinski definition) is 7. The Hall–Kier alpha value is -4.04. The first-order chi connectivity index (χ1) is 14.7. The molecule has 0 aliphatic carbocycles. The average molecular weight is 413 g/mol. The fourth-order valence-electron chi connectivity index (χ4n) is 3.07. The molecule has 0 radical (unpaired) electrons. The SMILES string of the molecule is Nc1c(/C([O-])=N/c2c[n+](-c3ccccc3)no2)sc2nc(-c3ccccc3)ccc12. The van der Waals surface area contributed by atoms with E-state index >= 15 is 0 Å². The molecule has 8 heteroatoms. The van der Waals surface area contributed by atoms with Gasteiger partial charge in [0, 0.05) is 29.0 Å². The molecule has 0 spiro atoms. The number of thiophene rings is 1. The van der Waals surface area contributed by atoms with Crippen molar-refractivity contribution in [2.75, 3.05) is 5.73 Å². The van der Waals surface area contributed by atoms with Crippen molar-refractivity contribution in [2.45, 2.75) is 0 Å². The smallest absolute Gasteiger partial charge is 0.321 e. The van der Waals surface area contributed by atoms with Crippen LogP contribution < -0.4 is 15.5 Å². The molecule has 0 fully saturated rings. The van der Waals surface area contributed by atoms with Gasteiger partial charge in [0.2, 0.25) is 11.0 Å². The van der Waals surface area contributed by atoms with Gasteiger partial charge in [-0.15, -0.1) is 11.3 Å². The Kier molecular flexibility index (Phi) is 4.45. The third kappa shape index (κ3) is 3.29. The summed E-state index contributed by atoms with van der Waals surface area (Å²) in [7, 11) is 0. The van der Waals surface area contributed by atoms with Gasteiger partial charge >= 0.3 is 5.88 Å². The number of hydrogen-bond donors (Lipinski definition) is 1. The number of anilines is 1. The molecule has 2 aromatic carbocycles. The summed E-state index contributed by atoms with van der Waals surface area (Å²) in [6, 6.07) is 23.0. The van der Waals surface area contributed by atoms with Gasteiger partial charge in [0.25, 0.3) is 6.20 Å². The number of nitrogen functional groups attached to an aromatic ring is 1. The van der Waals surface area contributed by atoms with Crippen LogP contribution >= 0.6 is 11.3 Å². The molecular formula is C22H15N5O2S. The summed E-state index contributed by atoms with van der Waals surface area (Å²) >= 11 is 1.21. The van der Waals surface area contributed by atoms with Crippen molar-refractivity contribution in [2.24, 2.45) is 4.99 Å². The van der Waals surface area contributed by atoms with Crippen LogP contribution in [0.15, 0.2) is 88.5 Å². The molecule has 0 aliphatic heterocycles. The molecular weight excluding hydrogens is 398 g/mol. The summed E-state index contributed by atoms with van der Waals surface area (Å²) in [5.41, 5.74) is 9.20. The van der Waals surface area contributed by atoms with Crippen LogP contribution in [-0.4, -0.2) is 16.2 Å². The molecule has 0 saturated carbocycles. The number of nitrogens with two attached hydrogens (primary N) is 1. The van der Waals surface area contributed by atoms with Crippen molar-refractivity contribution in [1.29, 1.82) is 0 Å². The van der Waals surface area contributed by atoms with E-state index in [4.69, 9.17) is 10.3 Å². The Morgan fingerprint density at radius 1 is 1.00 bits per heavy atom. The van der Waals surface area contributed by atoms with Gasteiger partial charge in [-0.05, 0) is 16.8 Å². The lowest BCUT2D eigenvalue weighted by Gasteiger charge is -2.06. The maximum atomic E-state index is 12.7. The van der Waals surface area contributed by atoms with Crippen molar-refractivity contribution in [3.05, 3.63) is 83.9 Å². The Morgan fingerprint density at radius 2 is 1.73 bits per heavy atom. The monoisotopic (exact) mass is 413 g/mol. The second-order valence-electron chi connectivity index (χ2n) is 6.50. The molecule has 3 aromatic heterocycles. The summed E-state index contributed by atoms with van der Waals surface area (Å²) < 4.78 is 6.68. The third-order valence-electron chi connectivity index (χ3n) is 4.55. The zero-order valence-electron chi connectivity index (χ0n) is 15.6. The van der Waals surface area contributed by atoms with Gasteiger partial charge < -0.3 is 10.8 Å². The minimum Gasteiger partial charge on any atom is -0.857 e. The zero-order chi connectivity index (χ0) is 20.5. The van der Waals surface area contributed by atoms with Crippen molar-refractivity contribution in [3.8, 4) is 16.9 Å². The topological polar surface area (TPSA) is 104 Å². The molecule has 0 saturated heterocycles. The van der Waals surface area contributed by atoms with Crippen LogP contribution in [0.4, 0.5) is 11.6 Å². The third-order valence-corrected chi connectivity index (χ3v) is 5.65. The van der Waals surface area contributed by atoms with Crippen molar-refractivity contribution >= 4 is 39.0 Å². The van der Waals surface area contributed by atoms with Crippen LogP contribution in [0.5, 0.6) is 0 Å². The van der Waals surface area contributed by atoms with E-state index in [1.807, 2.05) is 72.8 Å². The zero-order valence-corrected chi connectivity index (χ0v) is 16.4. The van der Waals surface area contributed by atoms with E-state index in [0.29, 0.717) is 15.4 Å². The Morgan fingerprint density at radius 3 is 2.50 bits per heavy atom. The van der Waals surface area contributed by atoms with Crippen molar-refractivity contribution in [3.63, 3.8) is 0 Å². The number of nitrogens with zero attached hydrogens (tertiary/aromatic N) is 4. The summed E-state index contributed by atoms with van der Waals surface area (Å²) in [6.07, 6.45) is 1.54. The van der Waals surface area contributed by atoms with Gasteiger partial charge in [-0.3, -0.25) is 4.52 Å². The highest BCUT2D eigenvalue weighted by Gasteiger charge is 2.16. The molecule has 0 unspecified atom stereocenters. The minimum absolute atomic E-state index is 0.0960. The predicted octanol–water partition coefficient (Wildman–Crippen LogP) is 3.25. The molecule has 5 aromatic rings. The highest BCUT2D eigenvalue weighted by atomic mass is 32.1. The van der Waals surface area contributed by atoms with E-state index in [-0.39, 0.29) is 5.88 Å². The highest BCUT2D eigenvalue weighted by Crippen LogP contribution is 2.34. The summed E-state index contributed by atoms with van der Waals surface area (Å²) in [5.74, 6) is -0.397. The largest absolute Gasteiger partial charge is 0.857 e. The quantitative estimate of drug-likeness (QED) is 0.277. The number of benzene rings is 2. The van der Waals surface area contributed by atoms with Crippen LogP contribution in [0.3, 0.4) is 0 Å². The molecule has 3 heterocycles. The minimum atomic E-state index is -0.492. The first-order valence-corrected chi connectivity index (χ1v) is 9.95. The molecule has 0 bridgehead atoms. The van der Waals surface area contributed by atoms with Gasteiger partial charge in [-0.25, -0.2) is 9.98 Å². The first-order valence-electron chi connectivity index (χ1n) is 9.13. The van der Waals surface area contributed by atoms with Crippen molar-refractivity contribution < 1.29 is 14.3 Å². The molecule has 5 rings (SSSR count). The lowest BCUT2D eigenvalue weighted by atomic mass is 10.1. The molecule has 0 atom stereocenters. The summed E-state index contributed by atoms with van der Waals surface area (Å²) in [6.45, 7) is 0. The second-order valence-corrected chi connectivity index (χ2v) is 7.50. The van der Waals surface area contributed by atoms with Gasteiger partial charge in [-0.1, -0.05) is 48.5 Å². The Bertz CT molecular complexity index is 1360. The summed E-state index contributed by atoms with van der Waals surface area (Å²) in [4.78, 5) is 9.70. The highest BCUT2D eigenvalue weighted by molar-refractivity contribution is 7.21. The number of rotatable bonds is 4. The van der Waals surface area contributed by atoms with Crippen LogP contribution in [-0.2, 0) is 0 Å². The normalized spacial score (nSPS) is 11.8. The molecule has 146 valence electrons. The summed E-state index contributed by atoms with van der Waals surface area (Å²) in [5, 5.41) is 17.4. The van der Waals surface area contributed by atoms with E-state index in [0.717, 1.165) is 22.3 Å². The van der Waals surface area contributed by atoms with Crippen LogP contribution in [0.1, 0.15) is 4.88 Å². The lowest BCUT2D eigenvalue weighted by molar-refractivity contribution is -0.670. The number of aliphatic imine (C=N–C) groups is 1. The maximum absolute atomic E-state index is 12.7. The van der Waals surface area contributed by atoms with Gasteiger partial charge in [0.05, 0.1) is 16.3 Å². The van der Waals surface area contributed by atoms with Crippen LogP contribution in [0.2, 0.25) is 0 Å². The van der Waals surface area contributed by atoms with Crippen LogP contribution in [0.25, 0.3) is 27.2 Å². The Balaban J connectivity index is 1.49.